The van der Waals surface area contributed by atoms with Crippen LogP contribution in [-0.2, 0) is 23.7 Å². The van der Waals surface area contributed by atoms with Crippen LogP contribution in [0.1, 0.15) is 72.1 Å². The van der Waals surface area contributed by atoms with Crippen LogP contribution in [0, 0.1) is 34.5 Å². The quantitative estimate of drug-likeness (QED) is 0.300. The summed E-state index contributed by atoms with van der Waals surface area (Å²) in [6, 6.07) is 0. The Morgan fingerprint density at radius 1 is 0.914 bits per heavy atom. The smallest absolute Gasteiger partial charge is 0.133 e. The fourth-order valence-electron chi connectivity index (χ4n) is 8.32. The van der Waals surface area contributed by atoms with Gasteiger partial charge in [0, 0.05) is 5.92 Å². The zero-order valence-corrected chi connectivity index (χ0v) is 22.3. The molecule has 0 amide bonds. The minimum atomic E-state index is 0.0459. The highest BCUT2D eigenvalue weighted by molar-refractivity contribution is 5.79. The molecule has 0 saturated heterocycles. The highest BCUT2D eigenvalue weighted by Crippen LogP contribution is 2.66. The lowest BCUT2D eigenvalue weighted by molar-refractivity contribution is -0.127. The van der Waals surface area contributed by atoms with Crippen molar-refractivity contribution in [1.82, 2.24) is 0 Å². The van der Waals surface area contributed by atoms with E-state index >= 15 is 0 Å². The Morgan fingerprint density at radius 3 is 2.29 bits per heavy atom. The van der Waals surface area contributed by atoms with E-state index in [-0.39, 0.29) is 17.9 Å². The third-order valence-corrected chi connectivity index (χ3v) is 10.1. The Hall–Kier alpha value is -0.790. The zero-order chi connectivity index (χ0) is 24.9. The van der Waals surface area contributed by atoms with Gasteiger partial charge in [0.25, 0.3) is 0 Å². The van der Waals surface area contributed by atoms with Gasteiger partial charge in [-0.1, -0.05) is 25.5 Å². The Morgan fingerprint density at radius 2 is 1.60 bits per heavy atom. The molecular weight excluding hydrogens is 444 g/mol. The van der Waals surface area contributed by atoms with Crippen LogP contribution < -0.4 is 0 Å². The molecule has 1 N–H and O–H groups in total. The summed E-state index contributed by atoms with van der Waals surface area (Å²) in [5.74, 6) is 2.94. The van der Waals surface area contributed by atoms with Crippen molar-refractivity contribution in [3.63, 3.8) is 0 Å². The number of aliphatic hydroxyl groups excluding tert-OH is 1. The first-order valence-electron chi connectivity index (χ1n) is 14.1. The monoisotopic (exact) mass is 492 g/mol. The minimum absolute atomic E-state index is 0.0459. The molecule has 0 aliphatic heterocycles. The maximum atomic E-state index is 12.4. The van der Waals surface area contributed by atoms with Gasteiger partial charge in [-0.15, -0.1) is 0 Å². The third kappa shape index (κ3) is 5.87. The number of fused-ring (bicyclic) bond motifs is 5. The summed E-state index contributed by atoms with van der Waals surface area (Å²) >= 11 is 0. The molecule has 200 valence electrons. The van der Waals surface area contributed by atoms with E-state index in [0.29, 0.717) is 69.5 Å². The molecule has 0 aromatic heterocycles. The van der Waals surface area contributed by atoms with Crippen LogP contribution in [0.3, 0.4) is 0 Å². The molecule has 6 nitrogen and oxygen atoms in total. The molecule has 4 aliphatic rings. The van der Waals surface area contributed by atoms with Crippen LogP contribution >= 0.6 is 0 Å². The Balaban J connectivity index is 1.19. The van der Waals surface area contributed by atoms with E-state index in [1.165, 1.54) is 32.1 Å². The lowest BCUT2D eigenvalue weighted by atomic mass is 9.47. The first-order valence-corrected chi connectivity index (χ1v) is 14.1. The van der Waals surface area contributed by atoms with Gasteiger partial charge >= 0.3 is 0 Å². The van der Waals surface area contributed by atoms with Crippen molar-refractivity contribution in [2.75, 3.05) is 52.9 Å². The summed E-state index contributed by atoms with van der Waals surface area (Å²) in [6.07, 6.45) is 12.3. The van der Waals surface area contributed by atoms with Crippen LogP contribution in [0.25, 0.3) is 0 Å². The van der Waals surface area contributed by atoms with Gasteiger partial charge in [-0.05, 0) is 86.9 Å². The van der Waals surface area contributed by atoms with Crippen LogP contribution in [0.5, 0.6) is 0 Å². The van der Waals surface area contributed by atoms with Crippen molar-refractivity contribution >= 4 is 5.78 Å². The standard InChI is InChI=1S/C29H48O6/c1-21(31)25-6-7-26-24-5-4-22-20-23(8-10-28(22,2)27(24)9-11-29(25,26)3)35-19-18-34-17-16-33-15-14-32-13-12-30/h4,23-27,30H,5-20H2,1-3H3/t23-,24-,25+,26-,27-,28-,29+/m0/s1. The fraction of sp³-hybridized carbons (Fsp3) is 0.897. The molecule has 35 heavy (non-hydrogen) atoms. The normalized spacial score (nSPS) is 38.4. The van der Waals surface area contributed by atoms with Crippen molar-refractivity contribution in [3.8, 4) is 0 Å². The van der Waals surface area contributed by atoms with Crippen LogP contribution in [-0.4, -0.2) is 69.8 Å². The Kier molecular flexibility index (Phi) is 9.47. The van der Waals surface area contributed by atoms with E-state index in [2.05, 4.69) is 19.9 Å². The van der Waals surface area contributed by atoms with E-state index in [1.807, 2.05) is 6.92 Å². The first-order chi connectivity index (χ1) is 16.9. The molecule has 0 spiro atoms. The molecule has 4 aliphatic carbocycles. The second-order valence-corrected chi connectivity index (χ2v) is 11.8. The number of hydrogen-bond donors (Lipinski definition) is 1. The number of ether oxygens (including phenoxy) is 4. The molecule has 3 fully saturated rings. The largest absolute Gasteiger partial charge is 0.394 e. The average Bonchev–Trinajstić information content (AvgIpc) is 3.20. The van der Waals surface area contributed by atoms with Crippen molar-refractivity contribution in [1.29, 1.82) is 0 Å². The number of carbonyl (C=O) groups excluding carboxylic acids is 1. The lowest BCUT2D eigenvalue weighted by Gasteiger charge is -2.58. The molecular formula is C29H48O6. The van der Waals surface area contributed by atoms with Gasteiger partial charge in [-0.3, -0.25) is 4.79 Å². The number of carbonyl (C=O) groups is 1. The summed E-state index contributed by atoms with van der Waals surface area (Å²) < 4.78 is 22.5. The highest BCUT2D eigenvalue weighted by atomic mass is 16.6. The molecule has 0 aromatic carbocycles. The summed E-state index contributed by atoms with van der Waals surface area (Å²) in [5.41, 5.74) is 2.18. The van der Waals surface area contributed by atoms with Crippen molar-refractivity contribution in [3.05, 3.63) is 11.6 Å². The van der Waals surface area contributed by atoms with Gasteiger partial charge in [-0.25, -0.2) is 0 Å². The predicted molar refractivity (Wildman–Crippen MR) is 135 cm³/mol. The van der Waals surface area contributed by atoms with E-state index in [1.54, 1.807) is 5.57 Å². The first kappa shape index (κ1) is 27.3. The van der Waals surface area contributed by atoms with Crippen molar-refractivity contribution < 1.29 is 28.8 Å². The Bertz CT molecular complexity index is 737. The number of ketones is 1. The topological polar surface area (TPSA) is 74.2 Å². The highest BCUT2D eigenvalue weighted by Gasteiger charge is 2.59. The fourth-order valence-corrected chi connectivity index (χ4v) is 8.32. The lowest BCUT2D eigenvalue weighted by Crippen LogP contribution is -2.51. The SMILES string of the molecule is CC(=O)[C@H]1CC[C@H]2[C@@H]3CC=C4C[C@@H](OCCOCCOCCOCCO)CC[C@]4(C)[C@H]3CC[C@]12C. The molecule has 7 atom stereocenters. The molecule has 0 aromatic rings. The van der Waals surface area contributed by atoms with Crippen molar-refractivity contribution in [2.45, 2.75) is 78.2 Å². The summed E-state index contributed by atoms with van der Waals surface area (Å²) in [7, 11) is 0. The minimum Gasteiger partial charge on any atom is -0.394 e. The number of Topliss-reactive ketones (excluding diaryl/α,β-unsaturated/α-hetero) is 1. The van der Waals surface area contributed by atoms with E-state index in [9.17, 15) is 4.79 Å². The van der Waals surface area contributed by atoms with Gasteiger partial charge in [0.15, 0.2) is 0 Å². The number of allylic oxidation sites excluding steroid dienone is 1. The van der Waals surface area contributed by atoms with E-state index in [4.69, 9.17) is 24.1 Å². The molecule has 0 unspecified atom stereocenters. The molecule has 6 heteroatoms. The second-order valence-electron chi connectivity index (χ2n) is 11.8. The van der Waals surface area contributed by atoms with E-state index in [0.717, 1.165) is 31.1 Å². The maximum absolute atomic E-state index is 12.4. The maximum Gasteiger partial charge on any atom is 0.133 e. The average molecular weight is 493 g/mol. The van der Waals surface area contributed by atoms with Gasteiger partial charge in [-0.2, -0.15) is 0 Å². The number of hydrogen-bond acceptors (Lipinski definition) is 6. The number of rotatable bonds is 13. The molecule has 0 radical (unpaired) electrons. The van der Waals surface area contributed by atoms with Crippen LogP contribution in [0.4, 0.5) is 0 Å². The van der Waals surface area contributed by atoms with Gasteiger partial charge in [0.2, 0.25) is 0 Å². The second kappa shape index (κ2) is 12.2. The van der Waals surface area contributed by atoms with E-state index < -0.39 is 0 Å². The zero-order valence-electron chi connectivity index (χ0n) is 22.3. The Labute approximate surface area is 212 Å². The van der Waals surface area contributed by atoms with Crippen LogP contribution in [0.2, 0.25) is 0 Å². The van der Waals surface area contributed by atoms with Gasteiger partial charge in [0.1, 0.15) is 5.78 Å². The molecule has 3 saturated carbocycles. The molecule has 4 rings (SSSR count). The molecule has 0 heterocycles. The van der Waals surface area contributed by atoms with Crippen molar-refractivity contribution in [2.24, 2.45) is 34.5 Å². The predicted octanol–water partition coefficient (Wildman–Crippen LogP) is 4.58. The van der Waals surface area contributed by atoms with Crippen LogP contribution in [0.15, 0.2) is 11.6 Å². The summed E-state index contributed by atoms with van der Waals surface area (Å²) in [6.45, 7) is 10.6. The number of aliphatic hydroxyl groups is 1. The molecule has 0 bridgehead atoms. The third-order valence-electron chi connectivity index (χ3n) is 10.1. The van der Waals surface area contributed by atoms with Gasteiger partial charge < -0.3 is 24.1 Å². The summed E-state index contributed by atoms with van der Waals surface area (Å²) in [4.78, 5) is 12.4. The van der Waals surface area contributed by atoms with Gasteiger partial charge in [0.05, 0.1) is 59.0 Å². The summed E-state index contributed by atoms with van der Waals surface area (Å²) in [5, 5.41) is 8.65.